The number of amides is 1. The molecule has 0 aliphatic carbocycles. The van der Waals surface area contributed by atoms with E-state index in [0.717, 1.165) is 29.3 Å². The van der Waals surface area contributed by atoms with E-state index in [9.17, 15) is 18.8 Å². The maximum atomic E-state index is 13.7. The van der Waals surface area contributed by atoms with Crippen LogP contribution in [0.25, 0.3) is 21.9 Å². The lowest BCUT2D eigenvalue weighted by atomic mass is 9.89. The highest BCUT2D eigenvalue weighted by atomic mass is 19.1. The summed E-state index contributed by atoms with van der Waals surface area (Å²) in [5.41, 5.74) is 1.64. The third kappa shape index (κ3) is 3.31. The normalized spacial score (nSPS) is 15.1. The molecular formula is C22H20FN5O3. The molecule has 0 unspecified atom stereocenters. The van der Waals surface area contributed by atoms with Crippen LogP contribution in [0.4, 0.5) is 4.39 Å². The third-order valence-electron chi connectivity index (χ3n) is 6.02. The number of likely N-dealkylation sites (tertiary alicyclic amines) is 1. The summed E-state index contributed by atoms with van der Waals surface area (Å²) in [6, 6.07) is 6.29. The summed E-state index contributed by atoms with van der Waals surface area (Å²) in [6.07, 6.45) is 3.42. The Hall–Kier alpha value is -3.75. The Kier molecular flexibility index (Phi) is 4.46. The number of hydrogen-bond acceptors (Lipinski definition) is 4. The molecule has 8 nitrogen and oxygen atoms in total. The number of aromatic nitrogens is 4. The van der Waals surface area contributed by atoms with Gasteiger partial charge in [-0.15, -0.1) is 0 Å². The Labute approximate surface area is 175 Å². The zero-order valence-corrected chi connectivity index (χ0v) is 16.8. The number of rotatable bonds is 2. The third-order valence-corrected chi connectivity index (χ3v) is 6.02. The van der Waals surface area contributed by atoms with Gasteiger partial charge in [0.1, 0.15) is 17.2 Å². The number of carbonyl (C=O) groups is 1. The number of benzene rings is 1. The monoisotopic (exact) mass is 421 g/mol. The summed E-state index contributed by atoms with van der Waals surface area (Å²) in [5.74, 6) is -0.286. The van der Waals surface area contributed by atoms with Crippen LogP contribution >= 0.6 is 0 Å². The highest BCUT2D eigenvalue weighted by Gasteiger charge is 2.27. The number of pyridine rings is 1. The predicted molar refractivity (Wildman–Crippen MR) is 114 cm³/mol. The van der Waals surface area contributed by atoms with E-state index in [2.05, 4.69) is 19.9 Å². The maximum Gasteiger partial charge on any atom is 0.327 e. The van der Waals surface area contributed by atoms with Crippen LogP contribution in [0.15, 0.2) is 40.1 Å². The summed E-state index contributed by atoms with van der Waals surface area (Å²) in [5, 5.41) is 1.15. The van der Waals surface area contributed by atoms with Crippen molar-refractivity contribution in [2.45, 2.75) is 25.7 Å². The molecule has 0 saturated carbocycles. The number of hydrogen-bond donors (Lipinski definition) is 3. The number of aryl methyl sites for hydroxylation is 1. The fraction of sp³-hybridized carbons (Fsp3) is 0.273. The highest BCUT2D eigenvalue weighted by molar-refractivity contribution is 5.95. The standard InChI is InChI=1S/C22H20FN5O3/c1-11-8-17(25-19-18(11)20(29)27-22(31)26-19)21(30)28-6-4-12(5-7-28)15-10-24-16-3-2-13(23)9-14(15)16/h2-3,8-10,12,24H,4-7H2,1H3,(H2,25,26,27,29,31). The van der Waals surface area contributed by atoms with Gasteiger partial charge in [0.05, 0.1) is 5.39 Å². The Morgan fingerprint density at radius 2 is 1.94 bits per heavy atom. The molecule has 1 saturated heterocycles. The van der Waals surface area contributed by atoms with E-state index in [4.69, 9.17) is 0 Å². The molecule has 3 N–H and O–H groups in total. The van der Waals surface area contributed by atoms with Crippen LogP contribution in [0.5, 0.6) is 0 Å². The van der Waals surface area contributed by atoms with Crippen molar-refractivity contribution in [1.29, 1.82) is 0 Å². The minimum atomic E-state index is -0.662. The second kappa shape index (κ2) is 7.19. The van der Waals surface area contributed by atoms with E-state index in [1.165, 1.54) is 6.07 Å². The first-order chi connectivity index (χ1) is 14.9. The Bertz CT molecular complexity index is 1440. The zero-order valence-electron chi connectivity index (χ0n) is 16.8. The molecule has 0 radical (unpaired) electrons. The van der Waals surface area contributed by atoms with Gasteiger partial charge in [0.2, 0.25) is 0 Å². The SMILES string of the molecule is Cc1cc(C(=O)N2CCC(c3c[nH]c4ccc(F)cc34)CC2)nc2[nH]c(=O)[nH]c(=O)c12. The number of halogens is 1. The van der Waals surface area contributed by atoms with Crippen molar-refractivity contribution in [3.05, 3.63) is 73.9 Å². The highest BCUT2D eigenvalue weighted by Crippen LogP contribution is 2.33. The van der Waals surface area contributed by atoms with Crippen LogP contribution in [-0.2, 0) is 0 Å². The van der Waals surface area contributed by atoms with Crippen LogP contribution in [-0.4, -0.2) is 43.8 Å². The number of piperidine rings is 1. The lowest BCUT2D eigenvalue weighted by Crippen LogP contribution is -2.38. The van der Waals surface area contributed by atoms with Crippen molar-refractivity contribution in [3.8, 4) is 0 Å². The first kappa shape index (κ1) is 19.2. The number of nitrogens with one attached hydrogen (secondary N) is 3. The molecule has 0 atom stereocenters. The molecule has 9 heteroatoms. The number of nitrogens with zero attached hydrogens (tertiary/aromatic N) is 2. The van der Waals surface area contributed by atoms with Gasteiger partial charge >= 0.3 is 5.69 Å². The number of carbonyl (C=O) groups excluding carboxylic acids is 1. The predicted octanol–water partition coefficient (Wildman–Crippen LogP) is 2.56. The fourth-order valence-electron chi connectivity index (χ4n) is 4.47. The van der Waals surface area contributed by atoms with Gasteiger partial charge < -0.3 is 9.88 Å². The van der Waals surface area contributed by atoms with E-state index < -0.39 is 11.2 Å². The topological polar surface area (TPSA) is 115 Å². The summed E-state index contributed by atoms with van der Waals surface area (Å²) in [6.45, 7) is 2.78. The van der Waals surface area contributed by atoms with Gasteiger partial charge in [0, 0.05) is 30.2 Å². The summed E-state index contributed by atoms with van der Waals surface area (Å²) in [4.78, 5) is 50.5. The van der Waals surface area contributed by atoms with E-state index in [1.54, 1.807) is 30.0 Å². The molecule has 1 amide bonds. The van der Waals surface area contributed by atoms with Crippen LogP contribution in [0.3, 0.4) is 0 Å². The van der Waals surface area contributed by atoms with Gasteiger partial charge in [-0.3, -0.25) is 19.6 Å². The molecule has 1 fully saturated rings. The second-order valence-electron chi connectivity index (χ2n) is 7.96. The first-order valence-corrected chi connectivity index (χ1v) is 10.1. The van der Waals surface area contributed by atoms with Gasteiger partial charge in [0.15, 0.2) is 0 Å². The first-order valence-electron chi connectivity index (χ1n) is 10.1. The number of fused-ring (bicyclic) bond motifs is 2. The Morgan fingerprint density at radius 1 is 1.16 bits per heavy atom. The minimum Gasteiger partial charge on any atom is -0.361 e. The molecule has 0 spiro atoms. The van der Waals surface area contributed by atoms with Gasteiger partial charge in [-0.2, -0.15) is 0 Å². The van der Waals surface area contributed by atoms with Crippen LogP contribution in [0.1, 0.15) is 40.4 Å². The van der Waals surface area contributed by atoms with Crippen molar-refractivity contribution >= 4 is 27.8 Å². The van der Waals surface area contributed by atoms with Crippen LogP contribution < -0.4 is 11.2 Å². The summed E-state index contributed by atoms with van der Waals surface area (Å²) in [7, 11) is 0. The Balaban J connectivity index is 1.38. The largest absolute Gasteiger partial charge is 0.361 e. The average Bonchev–Trinajstić information content (AvgIpc) is 3.15. The molecule has 31 heavy (non-hydrogen) atoms. The molecular weight excluding hydrogens is 401 g/mol. The zero-order chi connectivity index (χ0) is 21.7. The number of H-pyrrole nitrogens is 3. The molecule has 158 valence electrons. The molecule has 1 aliphatic rings. The molecule has 1 aromatic carbocycles. The van der Waals surface area contributed by atoms with E-state index >= 15 is 0 Å². The summed E-state index contributed by atoms with van der Waals surface area (Å²) < 4.78 is 13.7. The number of aromatic amines is 3. The Morgan fingerprint density at radius 3 is 2.71 bits per heavy atom. The molecule has 5 rings (SSSR count). The van der Waals surface area contributed by atoms with Crippen molar-refractivity contribution in [2.24, 2.45) is 0 Å². The van der Waals surface area contributed by atoms with Gasteiger partial charge in [0.25, 0.3) is 11.5 Å². The molecule has 1 aliphatic heterocycles. The smallest absolute Gasteiger partial charge is 0.327 e. The molecule has 3 aromatic heterocycles. The van der Waals surface area contributed by atoms with Crippen molar-refractivity contribution in [1.82, 2.24) is 24.8 Å². The molecule has 0 bridgehead atoms. The van der Waals surface area contributed by atoms with Crippen LogP contribution in [0, 0.1) is 12.7 Å². The van der Waals surface area contributed by atoms with Crippen molar-refractivity contribution < 1.29 is 9.18 Å². The van der Waals surface area contributed by atoms with E-state index in [0.29, 0.717) is 18.7 Å². The second-order valence-corrected chi connectivity index (χ2v) is 7.96. The van der Waals surface area contributed by atoms with Gasteiger partial charge in [-0.25, -0.2) is 14.2 Å². The van der Waals surface area contributed by atoms with Gasteiger partial charge in [-0.05, 0) is 61.1 Å². The van der Waals surface area contributed by atoms with E-state index in [1.807, 2.05) is 6.20 Å². The summed E-state index contributed by atoms with van der Waals surface area (Å²) >= 11 is 0. The lowest BCUT2D eigenvalue weighted by molar-refractivity contribution is 0.0707. The molecule has 4 heterocycles. The quantitative estimate of drug-likeness (QED) is 0.461. The minimum absolute atomic E-state index is 0.104. The van der Waals surface area contributed by atoms with E-state index in [-0.39, 0.29) is 34.4 Å². The van der Waals surface area contributed by atoms with Crippen LogP contribution in [0.2, 0.25) is 0 Å². The lowest BCUT2D eigenvalue weighted by Gasteiger charge is -2.32. The van der Waals surface area contributed by atoms with Gasteiger partial charge in [-0.1, -0.05) is 0 Å². The van der Waals surface area contributed by atoms with Crippen molar-refractivity contribution in [2.75, 3.05) is 13.1 Å². The average molecular weight is 421 g/mol. The van der Waals surface area contributed by atoms with Crippen molar-refractivity contribution in [3.63, 3.8) is 0 Å². The maximum absolute atomic E-state index is 13.7. The molecule has 4 aromatic rings. The fourth-order valence-corrected chi connectivity index (χ4v) is 4.47.